The molecular weight excluding hydrogens is 502 g/mol. The molecule has 2 aliphatic rings. The van der Waals surface area contributed by atoms with Crippen molar-refractivity contribution in [1.29, 1.82) is 0 Å². The Morgan fingerprint density at radius 1 is 1.15 bits per heavy atom. The standard InChI is InChI=1S/C32H43N5O3/c1-21-14-22(2)35-32(39)28(21)18-33-31(38)27-16-25(17-30-29(27)19-34-37(30)26-10-5-6-11-26)24-9-7-8-23(15-24)20-40-13-12-36(3)4/h7-9,15-17,19,21-22,26,28H,5-6,10-14,18,20H2,1-4H3,(H,33,38)(H,35,39). The lowest BCUT2D eigenvalue weighted by Crippen LogP contribution is -2.50. The van der Waals surface area contributed by atoms with E-state index in [0.29, 0.717) is 31.4 Å². The highest BCUT2D eigenvalue weighted by Crippen LogP contribution is 2.35. The van der Waals surface area contributed by atoms with E-state index < -0.39 is 0 Å². The molecule has 3 atom stereocenters. The lowest BCUT2D eigenvalue weighted by Gasteiger charge is -2.32. The fourth-order valence-electron chi connectivity index (χ4n) is 6.20. The van der Waals surface area contributed by atoms with Gasteiger partial charge in [0.1, 0.15) is 0 Å². The lowest BCUT2D eigenvalue weighted by molar-refractivity contribution is -0.129. The average molecular weight is 546 g/mol. The van der Waals surface area contributed by atoms with Gasteiger partial charge >= 0.3 is 0 Å². The lowest BCUT2D eigenvalue weighted by atomic mass is 9.84. The average Bonchev–Trinajstić information content (AvgIpc) is 3.60. The van der Waals surface area contributed by atoms with Crippen molar-refractivity contribution in [3.8, 4) is 11.1 Å². The second kappa shape index (κ2) is 12.5. The van der Waals surface area contributed by atoms with Crippen molar-refractivity contribution in [2.75, 3.05) is 33.8 Å². The molecule has 2 N–H and O–H groups in total. The largest absolute Gasteiger partial charge is 0.375 e. The zero-order valence-corrected chi connectivity index (χ0v) is 24.3. The van der Waals surface area contributed by atoms with Crippen LogP contribution in [0, 0.1) is 11.8 Å². The smallest absolute Gasteiger partial charge is 0.252 e. The second-order valence-corrected chi connectivity index (χ2v) is 12.0. The van der Waals surface area contributed by atoms with E-state index in [1.54, 1.807) is 0 Å². The van der Waals surface area contributed by atoms with Crippen LogP contribution in [0.15, 0.2) is 42.6 Å². The summed E-state index contributed by atoms with van der Waals surface area (Å²) in [6.45, 7) is 6.52. The summed E-state index contributed by atoms with van der Waals surface area (Å²) in [4.78, 5) is 28.4. The number of amides is 2. The van der Waals surface area contributed by atoms with Gasteiger partial charge in [-0.15, -0.1) is 0 Å². The van der Waals surface area contributed by atoms with E-state index in [1.807, 2.05) is 39.3 Å². The van der Waals surface area contributed by atoms with Crippen molar-refractivity contribution in [2.45, 2.75) is 64.6 Å². The molecular formula is C32H43N5O3. The number of benzene rings is 2. The van der Waals surface area contributed by atoms with Crippen molar-refractivity contribution >= 4 is 22.7 Å². The number of piperidine rings is 1. The SMILES string of the molecule is CC1CC(C)C(CNC(=O)c2cc(-c3cccc(COCCN(C)C)c3)cc3c2cnn3C2CCCC2)C(=O)N1. The number of likely N-dealkylation sites (N-methyl/N-ethyl adjacent to an activating group) is 1. The van der Waals surface area contributed by atoms with Gasteiger partial charge in [-0.25, -0.2) is 0 Å². The number of rotatable bonds is 10. The van der Waals surface area contributed by atoms with E-state index in [0.717, 1.165) is 53.4 Å². The Labute approximate surface area is 237 Å². The Morgan fingerprint density at radius 3 is 2.70 bits per heavy atom. The number of carbonyl (C=O) groups is 2. The molecule has 3 unspecified atom stereocenters. The molecule has 5 rings (SSSR count). The summed E-state index contributed by atoms with van der Waals surface area (Å²) in [5, 5.41) is 11.7. The number of fused-ring (bicyclic) bond motifs is 1. The van der Waals surface area contributed by atoms with Crippen LogP contribution in [-0.2, 0) is 16.1 Å². The molecule has 8 nitrogen and oxygen atoms in total. The Hall–Kier alpha value is -3.23. The van der Waals surface area contributed by atoms with Gasteiger partial charge in [0, 0.05) is 24.5 Å². The van der Waals surface area contributed by atoms with E-state index in [9.17, 15) is 9.59 Å². The third-order valence-electron chi connectivity index (χ3n) is 8.46. The van der Waals surface area contributed by atoms with Gasteiger partial charge in [-0.1, -0.05) is 38.0 Å². The molecule has 2 amide bonds. The van der Waals surface area contributed by atoms with Crippen molar-refractivity contribution in [3.63, 3.8) is 0 Å². The number of nitrogens with zero attached hydrogens (tertiary/aromatic N) is 3. The van der Waals surface area contributed by atoms with Gasteiger partial charge in [0.2, 0.25) is 5.91 Å². The van der Waals surface area contributed by atoms with Crippen LogP contribution in [-0.4, -0.2) is 66.3 Å². The van der Waals surface area contributed by atoms with Crippen LogP contribution in [0.25, 0.3) is 22.0 Å². The first-order valence-corrected chi connectivity index (χ1v) is 14.7. The number of ether oxygens (including phenoxy) is 1. The summed E-state index contributed by atoms with van der Waals surface area (Å²) in [6.07, 6.45) is 7.36. The predicted molar refractivity (Wildman–Crippen MR) is 158 cm³/mol. The zero-order chi connectivity index (χ0) is 28.2. The number of aromatic nitrogens is 2. The molecule has 0 radical (unpaired) electrons. The van der Waals surface area contributed by atoms with Gasteiger partial charge in [-0.2, -0.15) is 5.10 Å². The summed E-state index contributed by atoms with van der Waals surface area (Å²) in [5.74, 6) is -0.170. The van der Waals surface area contributed by atoms with Crippen molar-refractivity contribution < 1.29 is 14.3 Å². The summed E-state index contributed by atoms with van der Waals surface area (Å²) in [6, 6.07) is 13.0. The van der Waals surface area contributed by atoms with Crippen LogP contribution in [0.5, 0.6) is 0 Å². The first-order chi connectivity index (χ1) is 19.3. The predicted octanol–water partition coefficient (Wildman–Crippen LogP) is 4.79. The zero-order valence-electron chi connectivity index (χ0n) is 24.3. The maximum atomic E-state index is 13.7. The molecule has 1 aliphatic carbocycles. The van der Waals surface area contributed by atoms with Gasteiger partial charge < -0.3 is 20.3 Å². The van der Waals surface area contributed by atoms with Gasteiger partial charge in [-0.3, -0.25) is 14.3 Å². The Morgan fingerprint density at radius 2 is 1.95 bits per heavy atom. The van der Waals surface area contributed by atoms with E-state index in [-0.39, 0.29) is 29.7 Å². The highest BCUT2D eigenvalue weighted by Gasteiger charge is 2.32. The number of nitrogens with one attached hydrogen (secondary N) is 2. The maximum Gasteiger partial charge on any atom is 0.252 e. The summed E-state index contributed by atoms with van der Waals surface area (Å²) in [7, 11) is 4.07. The third-order valence-corrected chi connectivity index (χ3v) is 8.46. The molecule has 40 heavy (non-hydrogen) atoms. The van der Waals surface area contributed by atoms with Crippen LogP contribution in [0.2, 0.25) is 0 Å². The van der Waals surface area contributed by atoms with Crippen LogP contribution >= 0.6 is 0 Å². The summed E-state index contributed by atoms with van der Waals surface area (Å²) in [5.41, 5.74) is 4.70. The number of carbonyl (C=O) groups excluding carboxylic acids is 2. The van der Waals surface area contributed by atoms with Crippen molar-refractivity contribution in [2.24, 2.45) is 11.8 Å². The first kappa shape index (κ1) is 28.3. The van der Waals surface area contributed by atoms with E-state index in [1.165, 1.54) is 12.8 Å². The summed E-state index contributed by atoms with van der Waals surface area (Å²) < 4.78 is 8.01. The molecule has 1 saturated heterocycles. The van der Waals surface area contributed by atoms with Crippen molar-refractivity contribution in [3.05, 3.63) is 53.7 Å². The molecule has 2 aromatic carbocycles. The molecule has 1 aliphatic heterocycles. The Balaban J connectivity index is 1.43. The minimum absolute atomic E-state index is 0.0177. The number of hydrogen-bond acceptors (Lipinski definition) is 5. The molecule has 8 heteroatoms. The highest BCUT2D eigenvalue weighted by atomic mass is 16.5. The molecule has 2 fully saturated rings. The van der Waals surface area contributed by atoms with E-state index >= 15 is 0 Å². The topological polar surface area (TPSA) is 88.5 Å². The Kier molecular flexibility index (Phi) is 8.86. The van der Waals surface area contributed by atoms with Crippen molar-refractivity contribution in [1.82, 2.24) is 25.3 Å². The highest BCUT2D eigenvalue weighted by molar-refractivity contribution is 6.08. The van der Waals surface area contributed by atoms with E-state index in [2.05, 4.69) is 51.4 Å². The summed E-state index contributed by atoms with van der Waals surface area (Å²) >= 11 is 0. The molecule has 2 heterocycles. The minimum Gasteiger partial charge on any atom is -0.375 e. The molecule has 3 aromatic rings. The van der Waals surface area contributed by atoms with Gasteiger partial charge in [0.25, 0.3) is 5.91 Å². The monoisotopic (exact) mass is 545 g/mol. The van der Waals surface area contributed by atoms with Crippen LogP contribution in [0.3, 0.4) is 0 Å². The second-order valence-electron chi connectivity index (χ2n) is 12.0. The van der Waals surface area contributed by atoms with E-state index in [4.69, 9.17) is 9.84 Å². The molecule has 0 bridgehead atoms. The van der Waals surface area contributed by atoms with Gasteiger partial charge in [-0.05, 0) is 81.1 Å². The normalized spacial score (nSPS) is 21.7. The minimum atomic E-state index is -0.232. The molecule has 1 aromatic heterocycles. The van der Waals surface area contributed by atoms with Crippen LogP contribution in [0.1, 0.15) is 67.9 Å². The molecule has 0 spiro atoms. The fourth-order valence-corrected chi connectivity index (χ4v) is 6.20. The quantitative estimate of drug-likeness (QED) is 0.358. The Bertz CT molecular complexity index is 1340. The number of hydrogen-bond donors (Lipinski definition) is 2. The first-order valence-electron chi connectivity index (χ1n) is 14.7. The van der Waals surface area contributed by atoms with Crippen LogP contribution < -0.4 is 10.6 Å². The molecule has 1 saturated carbocycles. The van der Waals surface area contributed by atoms with Gasteiger partial charge in [0.05, 0.1) is 42.5 Å². The maximum absolute atomic E-state index is 13.7. The van der Waals surface area contributed by atoms with Crippen LogP contribution in [0.4, 0.5) is 0 Å². The van der Waals surface area contributed by atoms with Gasteiger partial charge in [0.15, 0.2) is 0 Å². The fraction of sp³-hybridized carbons (Fsp3) is 0.531. The molecule has 214 valence electrons. The third kappa shape index (κ3) is 6.39.